The molecule has 0 unspecified atom stereocenters. The van der Waals surface area contributed by atoms with Gasteiger partial charge in [0, 0.05) is 37.1 Å². The summed E-state index contributed by atoms with van der Waals surface area (Å²) in [6.07, 6.45) is 0. The first-order chi connectivity index (χ1) is 10.5. The number of hydrogen-bond donors (Lipinski definition) is 1. The molecule has 0 saturated carbocycles. The molecule has 2 aromatic carbocycles. The Morgan fingerprint density at radius 1 is 1.00 bits per heavy atom. The molecule has 0 spiro atoms. The second kappa shape index (κ2) is 6.85. The van der Waals surface area contributed by atoms with E-state index in [0.717, 1.165) is 5.69 Å². The monoisotopic (exact) mass is 300 g/mol. The van der Waals surface area contributed by atoms with Gasteiger partial charge in [-0.05, 0) is 30.3 Å². The molecule has 0 atom stereocenters. The molecule has 22 heavy (non-hydrogen) atoms. The number of amides is 1. The smallest absolute Gasteiger partial charge is 0.255 e. The lowest BCUT2D eigenvalue weighted by atomic mass is 10.1. The SMILES string of the molecule is COc1ccc(NC(=O)c2cccc(N(C)C)c2)cc1OC. The van der Waals surface area contributed by atoms with E-state index in [1.165, 1.54) is 0 Å². The summed E-state index contributed by atoms with van der Waals surface area (Å²) in [4.78, 5) is 14.3. The maximum absolute atomic E-state index is 12.3. The number of nitrogens with zero attached hydrogens (tertiary/aromatic N) is 1. The molecule has 0 heterocycles. The quantitative estimate of drug-likeness (QED) is 0.922. The maximum Gasteiger partial charge on any atom is 0.255 e. The minimum absolute atomic E-state index is 0.170. The molecular formula is C17H20N2O3. The largest absolute Gasteiger partial charge is 0.493 e. The van der Waals surface area contributed by atoms with E-state index in [4.69, 9.17) is 9.47 Å². The van der Waals surface area contributed by atoms with Crippen molar-refractivity contribution in [3.63, 3.8) is 0 Å². The third kappa shape index (κ3) is 3.49. The van der Waals surface area contributed by atoms with E-state index in [2.05, 4.69) is 5.32 Å². The van der Waals surface area contributed by atoms with Crippen LogP contribution in [0.2, 0.25) is 0 Å². The number of hydrogen-bond acceptors (Lipinski definition) is 4. The first-order valence-corrected chi connectivity index (χ1v) is 6.86. The Hall–Kier alpha value is -2.69. The Kier molecular flexibility index (Phi) is 4.88. The zero-order chi connectivity index (χ0) is 16.1. The molecule has 5 nitrogen and oxygen atoms in total. The Bertz CT molecular complexity index is 669. The van der Waals surface area contributed by atoms with Crippen LogP contribution in [0.25, 0.3) is 0 Å². The Balaban J connectivity index is 2.20. The van der Waals surface area contributed by atoms with Crippen LogP contribution < -0.4 is 19.7 Å². The second-order valence-electron chi connectivity index (χ2n) is 4.97. The summed E-state index contributed by atoms with van der Waals surface area (Å²) < 4.78 is 10.4. The number of anilines is 2. The lowest BCUT2D eigenvalue weighted by Crippen LogP contribution is -2.14. The fraction of sp³-hybridized carbons (Fsp3) is 0.235. The highest BCUT2D eigenvalue weighted by atomic mass is 16.5. The van der Waals surface area contributed by atoms with Crippen LogP contribution in [0.5, 0.6) is 11.5 Å². The Labute approximate surface area is 130 Å². The maximum atomic E-state index is 12.3. The molecule has 1 amide bonds. The molecule has 2 aromatic rings. The van der Waals surface area contributed by atoms with Gasteiger partial charge in [0.15, 0.2) is 11.5 Å². The average molecular weight is 300 g/mol. The van der Waals surface area contributed by atoms with Crippen LogP contribution in [0.3, 0.4) is 0 Å². The predicted octanol–water partition coefficient (Wildman–Crippen LogP) is 3.02. The number of rotatable bonds is 5. The first kappa shape index (κ1) is 15.7. The van der Waals surface area contributed by atoms with E-state index < -0.39 is 0 Å². The normalized spacial score (nSPS) is 10.0. The minimum Gasteiger partial charge on any atom is -0.493 e. The summed E-state index contributed by atoms with van der Waals surface area (Å²) in [6.45, 7) is 0. The van der Waals surface area contributed by atoms with Gasteiger partial charge in [-0.1, -0.05) is 6.07 Å². The van der Waals surface area contributed by atoms with Crippen LogP contribution in [-0.4, -0.2) is 34.2 Å². The average Bonchev–Trinajstić information content (AvgIpc) is 2.54. The van der Waals surface area contributed by atoms with Gasteiger partial charge < -0.3 is 19.7 Å². The number of methoxy groups -OCH3 is 2. The fourth-order valence-corrected chi connectivity index (χ4v) is 2.04. The van der Waals surface area contributed by atoms with E-state index in [1.54, 1.807) is 38.5 Å². The molecule has 0 aliphatic rings. The molecule has 0 saturated heterocycles. The van der Waals surface area contributed by atoms with Gasteiger partial charge in [-0.15, -0.1) is 0 Å². The van der Waals surface area contributed by atoms with Gasteiger partial charge in [-0.3, -0.25) is 4.79 Å². The standard InChI is InChI=1S/C17H20N2O3/c1-19(2)14-7-5-6-12(10-14)17(20)18-13-8-9-15(21-3)16(11-13)22-4/h5-11H,1-4H3,(H,18,20). The number of benzene rings is 2. The Morgan fingerprint density at radius 2 is 1.73 bits per heavy atom. The lowest BCUT2D eigenvalue weighted by Gasteiger charge is -2.14. The predicted molar refractivity (Wildman–Crippen MR) is 88.3 cm³/mol. The van der Waals surface area contributed by atoms with Crippen LogP contribution in [-0.2, 0) is 0 Å². The zero-order valence-corrected chi connectivity index (χ0v) is 13.2. The van der Waals surface area contributed by atoms with Gasteiger partial charge in [0.25, 0.3) is 5.91 Å². The van der Waals surface area contributed by atoms with Crippen molar-refractivity contribution in [2.45, 2.75) is 0 Å². The van der Waals surface area contributed by atoms with E-state index >= 15 is 0 Å². The van der Waals surface area contributed by atoms with Gasteiger partial charge in [0.05, 0.1) is 14.2 Å². The van der Waals surface area contributed by atoms with Crippen molar-refractivity contribution in [1.82, 2.24) is 0 Å². The lowest BCUT2D eigenvalue weighted by molar-refractivity contribution is 0.102. The molecular weight excluding hydrogens is 280 g/mol. The molecule has 5 heteroatoms. The highest BCUT2D eigenvalue weighted by Crippen LogP contribution is 2.30. The van der Waals surface area contributed by atoms with E-state index in [9.17, 15) is 4.79 Å². The van der Waals surface area contributed by atoms with Crippen molar-refractivity contribution in [2.24, 2.45) is 0 Å². The fourth-order valence-electron chi connectivity index (χ4n) is 2.04. The number of nitrogens with one attached hydrogen (secondary N) is 1. The molecule has 116 valence electrons. The molecule has 0 radical (unpaired) electrons. The van der Waals surface area contributed by atoms with Crippen molar-refractivity contribution >= 4 is 17.3 Å². The molecule has 2 rings (SSSR count). The highest BCUT2D eigenvalue weighted by molar-refractivity contribution is 6.05. The van der Waals surface area contributed by atoms with Crippen molar-refractivity contribution in [1.29, 1.82) is 0 Å². The summed E-state index contributed by atoms with van der Waals surface area (Å²) in [6, 6.07) is 12.7. The number of carbonyl (C=O) groups excluding carboxylic acids is 1. The van der Waals surface area contributed by atoms with Crippen LogP contribution in [0.4, 0.5) is 11.4 Å². The summed E-state index contributed by atoms with van der Waals surface area (Å²) in [5.74, 6) is 1.02. The van der Waals surface area contributed by atoms with E-state index in [0.29, 0.717) is 22.7 Å². The molecule has 0 aliphatic carbocycles. The van der Waals surface area contributed by atoms with Gasteiger partial charge in [0.2, 0.25) is 0 Å². The zero-order valence-electron chi connectivity index (χ0n) is 13.2. The van der Waals surface area contributed by atoms with Crippen molar-refractivity contribution in [2.75, 3.05) is 38.5 Å². The summed E-state index contributed by atoms with van der Waals surface area (Å²) in [5.41, 5.74) is 2.22. The van der Waals surface area contributed by atoms with Crippen molar-refractivity contribution in [3.05, 3.63) is 48.0 Å². The van der Waals surface area contributed by atoms with E-state index in [1.807, 2.05) is 37.2 Å². The van der Waals surface area contributed by atoms with Crippen LogP contribution in [0.15, 0.2) is 42.5 Å². The number of ether oxygens (including phenoxy) is 2. The van der Waals surface area contributed by atoms with Crippen molar-refractivity contribution in [3.8, 4) is 11.5 Å². The van der Waals surface area contributed by atoms with E-state index in [-0.39, 0.29) is 5.91 Å². The summed E-state index contributed by atoms with van der Waals surface area (Å²) in [5, 5.41) is 2.86. The van der Waals surface area contributed by atoms with Crippen LogP contribution in [0, 0.1) is 0 Å². The molecule has 0 fully saturated rings. The van der Waals surface area contributed by atoms with Gasteiger partial charge in [-0.25, -0.2) is 0 Å². The third-order valence-electron chi connectivity index (χ3n) is 3.27. The van der Waals surface area contributed by atoms with Gasteiger partial charge in [0.1, 0.15) is 0 Å². The van der Waals surface area contributed by atoms with Crippen LogP contribution >= 0.6 is 0 Å². The number of carbonyl (C=O) groups is 1. The molecule has 0 bridgehead atoms. The molecule has 0 aromatic heterocycles. The Morgan fingerprint density at radius 3 is 2.36 bits per heavy atom. The van der Waals surface area contributed by atoms with Crippen molar-refractivity contribution < 1.29 is 14.3 Å². The second-order valence-corrected chi connectivity index (χ2v) is 4.97. The first-order valence-electron chi connectivity index (χ1n) is 6.86. The molecule has 0 aliphatic heterocycles. The minimum atomic E-state index is -0.170. The van der Waals surface area contributed by atoms with Crippen LogP contribution in [0.1, 0.15) is 10.4 Å². The van der Waals surface area contributed by atoms with Gasteiger partial charge in [-0.2, -0.15) is 0 Å². The molecule has 1 N–H and O–H groups in total. The highest BCUT2D eigenvalue weighted by Gasteiger charge is 2.10. The van der Waals surface area contributed by atoms with Gasteiger partial charge >= 0.3 is 0 Å². The summed E-state index contributed by atoms with van der Waals surface area (Å²) in [7, 11) is 7.00. The topological polar surface area (TPSA) is 50.8 Å². The summed E-state index contributed by atoms with van der Waals surface area (Å²) >= 11 is 0. The third-order valence-corrected chi connectivity index (χ3v) is 3.27.